The first kappa shape index (κ1) is 21.9. The van der Waals surface area contributed by atoms with Gasteiger partial charge in [0, 0.05) is 5.69 Å². The van der Waals surface area contributed by atoms with Crippen LogP contribution in [-0.2, 0) is 13.6 Å². The van der Waals surface area contributed by atoms with Crippen LogP contribution in [0.2, 0.25) is 0 Å². The molecule has 2 N–H and O–H groups in total. The average Bonchev–Trinajstić information content (AvgIpc) is 2.59. The fraction of sp³-hybridized carbons (Fsp3) is 0.650. The van der Waals surface area contributed by atoms with Crippen molar-refractivity contribution in [3.63, 3.8) is 0 Å². The molecule has 152 valence electrons. The standard InChI is InChI=1S/C20H33N2O4P/c1-6-25-27(24,26-7-2)20(11-9-8-10-12-20)22-19(23)21-18-16(4)13-15(3)14-17(18)5/h13-14H,6-12H2,1-5H3,(H2,21,22,23). The first-order valence-corrected chi connectivity index (χ1v) is 11.4. The van der Waals surface area contributed by atoms with Crippen LogP contribution in [0, 0.1) is 20.8 Å². The Morgan fingerprint density at radius 3 is 2.04 bits per heavy atom. The number of amides is 2. The normalized spacial score (nSPS) is 16.8. The summed E-state index contributed by atoms with van der Waals surface area (Å²) >= 11 is 0. The molecule has 0 saturated heterocycles. The molecule has 1 aliphatic rings. The Labute approximate surface area is 162 Å². The second-order valence-corrected chi connectivity index (χ2v) is 9.65. The summed E-state index contributed by atoms with van der Waals surface area (Å²) in [6.45, 7) is 10.1. The molecule has 27 heavy (non-hydrogen) atoms. The number of urea groups is 1. The van der Waals surface area contributed by atoms with Gasteiger partial charge < -0.3 is 19.7 Å². The van der Waals surface area contributed by atoms with Gasteiger partial charge in [-0.15, -0.1) is 0 Å². The van der Waals surface area contributed by atoms with Gasteiger partial charge >= 0.3 is 13.6 Å². The van der Waals surface area contributed by atoms with Gasteiger partial charge in [0.25, 0.3) is 0 Å². The molecule has 0 bridgehead atoms. The number of carbonyl (C=O) groups is 1. The van der Waals surface area contributed by atoms with Crippen molar-refractivity contribution in [3.05, 3.63) is 28.8 Å². The zero-order valence-electron chi connectivity index (χ0n) is 17.2. The van der Waals surface area contributed by atoms with Gasteiger partial charge in [-0.05, 0) is 58.6 Å². The van der Waals surface area contributed by atoms with Crippen molar-refractivity contribution in [2.24, 2.45) is 0 Å². The second-order valence-electron chi connectivity index (χ2n) is 7.28. The van der Waals surface area contributed by atoms with E-state index in [9.17, 15) is 9.36 Å². The number of rotatable bonds is 7. The number of hydrogen-bond donors (Lipinski definition) is 2. The number of nitrogens with one attached hydrogen (secondary N) is 2. The van der Waals surface area contributed by atoms with Crippen LogP contribution >= 0.6 is 7.60 Å². The molecule has 0 aliphatic heterocycles. The van der Waals surface area contributed by atoms with Gasteiger partial charge in [-0.25, -0.2) is 4.79 Å². The average molecular weight is 396 g/mol. The van der Waals surface area contributed by atoms with Crippen LogP contribution in [-0.4, -0.2) is 24.5 Å². The van der Waals surface area contributed by atoms with Crippen LogP contribution in [0.1, 0.15) is 62.6 Å². The smallest absolute Gasteiger partial charge is 0.321 e. The highest BCUT2D eigenvalue weighted by molar-refractivity contribution is 7.55. The predicted molar refractivity (Wildman–Crippen MR) is 109 cm³/mol. The van der Waals surface area contributed by atoms with E-state index in [1.165, 1.54) is 0 Å². The number of benzene rings is 1. The highest BCUT2D eigenvalue weighted by atomic mass is 31.2. The Kier molecular flexibility index (Phi) is 7.49. The quantitative estimate of drug-likeness (QED) is 0.583. The van der Waals surface area contributed by atoms with Crippen LogP contribution in [0.5, 0.6) is 0 Å². The number of anilines is 1. The highest BCUT2D eigenvalue weighted by Crippen LogP contribution is 2.63. The lowest BCUT2D eigenvalue weighted by Crippen LogP contribution is -2.51. The van der Waals surface area contributed by atoms with Gasteiger partial charge in [-0.2, -0.15) is 0 Å². The molecule has 0 aromatic heterocycles. The van der Waals surface area contributed by atoms with E-state index in [-0.39, 0.29) is 19.2 Å². The molecule has 2 amide bonds. The third-order valence-electron chi connectivity index (χ3n) is 5.06. The van der Waals surface area contributed by atoms with Crippen LogP contribution in [0.25, 0.3) is 0 Å². The molecule has 0 heterocycles. The van der Waals surface area contributed by atoms with E-state index in [4.69, 9.17) is 9.05 Å². The van der Waals surface area contributed by atoms with Gasteiger partial charge in [0.1, 0.15) is 5.28 Å². The molecule has 0 unspecified atom stereocenters. The predicted octanol–water partition coefficient (Wildman–Crippen LogP) is 5.66. The van der Waals surface area contributed by atoms with E-state index < -0.39 is 12.9 Å². The Hall–Kier alpha value is -1.36. The molecule has 1 saturated carbocycles. The molecule has 1 aliphatic carbocycles. The van der Waals surface area contributed by atoms with Gasteiger partial charge in [0.2, 0.25) is 0 Å². The molecule has 6 nitrogen and oxygen atoms in total. The summed E-state index contributed by atoms with van der Waals surface area (Å²) in [5.41, 5.74) is 3.93. The first-order chi connectivity index (χ1) is 12.8. The van der Waals surface area contributed by atoms with Crippen molar-refractivity contribution in [2.75, 3.05) is 18.5 Å². The highest BCUT2D eigenvalue weighted by Gasteiger charge is 2.52. The lowest BCUT2D eigenvalue weighted by atomic mass is 9.95. The molecule has 1 aromatic rings. The Morgan fingerprint density at radius 2 is 1.56 bits per heavy atom. The number of hydrogen-bond acceptors (Lipinski definition) is 4. The molecule has 1 fully saturated rings. The Balaban J connectivity index is 2.28. The Morgan fingerprint density at radius 1 is 1.04 bits per heavy atom. The summed E-state index contributed by atoms with van der Waals surface area (Å²) in [4.78, 5) is 12.9. The van der Waals surface area contributed by atoms with Crippen molar-refractivity contribution in [2.45, 2.75) is 72.0 Å². The van der Waals surface area contributed by atoms with Crippen molar-refractivity contribution in [1.29, 1.82) is 0 Å². The van der Waals surface area contributed by atoms with Crippen molar-refractivity contribution < 1.29 is 18.4 Å². The third kappa shape index (κ3) is 4.92. The fourth-order valence-electron chi connectivity index (χ4n) is 3.96. The van der Waals surface area contributed by atoms with Gasteiger partial charge in [-0.1, -0.05) is 37.0 Å². The van der Waals surface area contributed by atoms with E-state index >= 15 is 0 Å². The maximum Gasteiger partial charge on any atom is 0.355 e. The maximum atomic E-state index is 13.6. The zero-order valence-corrected chi connectivity index (χ0v) is 18.1. The van der Waals surface area contributed by atoms with Crippen LogP contribution in [0.4, 0.5) is 10.5 Å². The van der Waals surface area contributed by atoms with Crippen molar-refractivity contribution in [3.8, 4) is 0 Å². The van der Waals surface area contributed by atoms with E-state index in [1.807, 2.05) is 32.9 Å². The van der Waals surface area contributed by atoms with Crippen LogP contribution in [0.3, 0.4) is 0 Å². The Bertz CT molecular complexity index is 681. The van der Waals surface area contributed by atoms with Gasteiger partial charge in [0.15, 0.2) is 0 Å². The molecule has 0 spiro atoms. The summed E-state index contributed by atoms with van der Waals surface area (Å²) in [7, 11) is -3.49. The third-order valence-corrected chi connectivity index (χ3v) is 7.87. The number of aryl methyl sites for hydroxylation is 3. The molecular formula is C20H33N2O4P. The topological polar surface area (TPSA) is 76.7 Å². The van der Waals surface area contributed by atoms with E-state index in [2.05, 4.69) is 10.6 Å². The van der Waals surface area contributed by atoms with Crippen molar-refractivity contribution >= 4 is 19.3 Å². The fourth-order valence-corrected chi connectivity index (χ4v) is 6.31. The van der Waals surface area contributed by atoms with Crippen LogP contribution in [0.15, 0.2) is 12.1 Å². The first-order valence-electron chi connectivity index (χ1n) is 9.83. The molecule has 2 rings (SSSR count). The van der Waals surface area contributed by atoms with E-state index in [0.29, 0.717) is 12.8 Å². The largest absolute Gasteiger partial charge is 0.355 e. The van der Waals surface area contributed by atoms with Crippen molar-refractivity contribution in [1.82, 2.24) is 5.32 Å². The summed E-state index contributed by atoms with van der Waals surface area (Å²) in [5.74, 6) is 0. The minimum absolute atomic E-state index is 0.276. The second kappa shape index (κ2) is 9.22. The molecule has 7 heteroatoms. The maximum absolute atomic E-state index is 13.6. The van der Waals surface area contributed by atoms with Gasteiger partial charge in [-0.3, -0.25) is 4.57 Å². The van der Waals surface area contributed by atoms with Gasteiger partial charge in [0.05, 0.1) is 13.2 Å². The number of carbonyl (C=O) groups excluding carboxylic acids is 1. The van der Waals surface area contributed by atoms with E-state index in [0.717, 1.165) is 41.6 Å². The summed E-state index contributed by atoms with van der Waals surface area (Å²) in [5, 5.41) is 4.97. The monoisotopic (exact) mass is 396 g/mol. The zero-order chi connectivity index (χ0) is 20.1. The summed E-state index contributed by atoms with van der Waals surface area (Å²) in [6.07, 6.45) is 3.99. The molecule has 0 radical (unpaired) electrons. The summed E-state index contributed by atoms with van der Waals surface area (Å²) in [6, 6.07) is 3.70. The van der Waals surface area contributed by atoms with Crippen LogP contribution < -0.4 is 10.6 Å². The lowest BCUT2D eigenvalue weighted by Gasteiger charge is -2.41. The molecule has 1 aromatic carbocycles. The molecular weight excluding hydrogens is 363 g/mol. The lowest BCUT2D eigenvalue weighted by molar-refractivity contribution is 0.167. The van der Waals surface area contributed by atoms with E-state index in [1.54, 1.807) is 13.8 Å². The molecule has 0 atom stereocenters. The summed E-state index contributed by atoms with van der Waals surface area (Å²) < 4.78 is 24.8. The minimum Gasteiger partial charge on any atom is -0.321 e. The minimum atomic E-state index is -3.49. The SMILES string of the molecule is CCOP(=O)(OCC)C1(NC(=O)Nc2c(C)cc(C)cc2C)CCCCC1.